The van der Waals surface area contributed by atoms with Crippen molar-refractivity contribution in [3.05, 3.63) is 54.0 Å². The Labute approximate surface area is 197 Å². The number of aryl methyl sites for hydroxylation is 1. The third kappa shape index (κ3) is 5.62. The van der Waals surface area contributed by atoms with Crippen LogP contribution in [0.3, 0.4) is 0 Å². The summed E-state index contributed by atoms with van der Waals surface area (Å²) < 4.78 is 20.1. The highest BCUT2D eigenvalue weighted by molar-refractivity contribution is 5.89. The molecule has 1 N–H and O–H groups in total. The Hall–Kier alpha value is -3.69. The number of hydrogen-bond acceptors (Lipinski definition) is 6. The van der Waals surface area contributed by atoms with Crippen LogP contribution in [-0.4, -0.2) is 73.2 Å². The number of carbonyl (C=O) groups is 3. The molecule has 2 aliphatic heterocycles. The van der Waals surface area contributed by atoms with E-state index in [1.807, 2.05) is 35.2 Å². The van der Waals surface area contributed by atoms with Crippen molar-refractivity contribution < 1.29 is 23.5 Å². The van der Waals surface area contributed by atoms with Crippen molar-refractivity contribution in [3.8, 4) is 0 Å². The molecule has 3 heterocycles. The molecule has 3 amide bonds. The van der Waals surface area contributed by atoms with Gasteiger partial charge < -0.3 is 19.9 Å². The van der Waals surface area contributed by atoms with Crippen molar-refractivity contribution in [1.29, 1.82) is 0 Å². The Balaban J connectivity index is 1.30. The molecule has 180 valence electrons. The van der Waals surface area contributed by atoms with Crippen LogP contribution < -0.4 is 15.1 Å². The predicted molar refractivity (Wildman–Crippen MR) is 124 cm³/mol. The predicted octanol–water partition coefficient (Wildman–Crippen LogP) is 1.96. The molecular weight excluding hydrogens is 441 g/mol. The Morgan fingerprint density at radius 3 is 2.59 bits per heavy atom. The largest absolute Gasteiger partial charge is 0.442 e. The fourth-order valence-electron chi connectivity index (χ4n) is 4.12. The van der Waals surface area contributed by atoms with Gasteiger partial charge in [0.1, 0.15) is 6.10 Å². The summed E-state index contributed by atoms with van der Waals surface area (Å²) in [6.45, 7) is 3.73. The van der Waals surface area contributed by atoms with Crippen LogP contribution in [0.15, 0.2) is 42.6 Å². The topological polar surface area (TPSA) is 95.1 Å². The molecule has 9 nitrogen and oxygen atoms in total. The van der Waals surface area contributed by atoms with Gasteiger partial charge in [0.2, 0.25) is 11.8 Å². The van der Waals surface area contributed by atoms with Crippen molar-refractivity contribution in [2.45, 2.75) is 25.9 Å². The van der Waals surface area contributed by atoms with E-state index in [1.165, 1.54) is 24.1 Å². The minimum Gasteiger partial charge on any atom is -0.442 e. The summed E-state index contributed by atoms with van der Waals surface area (Å²) in [5.41, 5.74) is 1.43. The van der Waals surface area contributed by atoms with Crippen LogP contribution in [0.4, 0.5) is 20.7 Å². The Kier molecular flexibility index (Phi) is 7.24. The number of anilines is 2. The molecule has 0 radical (unpaired) electrons. The average molecular weight is 470 g/mol. The van der Waals surface area contributed by atoms with Crippen LogP contribution in [0, 0.1) is 5.82 Å². The molecular formula is C24H28FN5O4. The zero-order valence-corrected chi connectivity index (χ0v) is 19.1. The first-order chi connectivity index (χ1) is 16.4. The number of nitrogens with zero attached hydrogens (tertiary/aromatic N) is 4. The van der Waals surface area contributed by atoms with Crippen molar-refractivity contribution in [2.75, 3.05) is 49.1 Å². The molecule has 1 aromatic heterocycles. The maximum Gasteiger partial charge on any atom is 0.414 e. The first-order valence-electron chi connectivity index (χ1n) is 11.4. The first-order valence-corrected chi connectivity index (χ1v) is 11.4. The average Bonchev–Trinajstić information content (AvgIpc) is 3.22. The van der Waals surface area contributed by atoms with Crippen molar-refractivity contribution >= 4 is 29.4 Å². The van der Waals surface area contributed by atoms with Gasteiger partial charge in [-0.3, -0.25) is 14.5 Å². The molecule has 0 unspecified atom stereocenters. The molecule has 0 spiro atoms. The van der Waals surface area contributed by atoms with Crippen LogP contribution in [0.25, 0.3) is 0 Å². The maximum absolute atomic E-state index is 14.9. The van der Waals surface area contributed by atoms with Crippen LogP contribution in [-0.2, 0) is 20.7 Å². The lowest BCUT2D eigenvalue weighted by molar-refractivity contribution is -0.131. The molecule has 34 heavy (non-hydrogen) atoms. The quantitative estimate of drug-likeness (QED) is 0.666. The number of carbonyl (C=O) groups excluding carboxylic acids is 3. The van der Waals surface area contributed by atoms with E-state index in [1.54, 1.807) is 4.90 Å². The number of benzene rings is 1. The zero-order chi connectivity index (χ0) is 24.1. The van der Waals surface area contributed by atoms with Gasteiger partial charge in [-0.15, -0.1) is 0 Å². The molecule has 0 saturated carbocycles. The highest BCUT2D eigenvalue weighted by Crippen LogP contribution is 2.26. The van der Waals surface area contributed by atoms with Crippen molar-refractivity contribution in [1.82, 2.24) is 15.2 Å². The Morgan fingerprint density at radius 1 is 1.18 bits per heavy atom. The second-order valence-corrected chi connectivity index (χ2v) is 8.41. The molecule has 2 aromatic rings. The second-order valence-electron chi connectivity index (χ2n) is 8.41. The summed E-state index contributed by atoms with van der Waals surface area (Å²) in [6.07, 6.45) is 1.47. The van der Waals surface area contributed by atoms with Crippen LogP contribution >= 0.6 is 0 Å². The maximum atomic E-state index is 14.9. The van der Waals surface area contributed by atoms with Crippen molar-refractivity contribution in [3.63, 3.8) is 0 Å². The van der Waals surface area contributed by atoms with E-state index >= 15 is 0 Å². The van der Waals surface area contributed by atoms with E-state index in [4.69, 9.17) is 4.74 Å². The molecule has 1 atom stereocenters. The number of halogens is 1. The molecule has 0 aliphatic carbocycles. The number of amides is 3. The van der Waals surface area contributed by atoms with Gasteiger partial charge in [0.05, 0.1) is 25.0 Å². The Bertz CT molecular complexity index is 1040. The summed E-state index contributed by atoms with van der Waals surface area (Å²) in [5.74, 6) is -0.472. The van der Waals surface area contributed by atoms with Gasteiger partial charge in [0.15, 0.2) is 11.6 Å². The molecule has 2 saturated heterocycles. The molecule has 4 rings (SSSR count). The third-order valence-electron chi connectivity index (χ3n) is 5.97. The number of piperazine rings is 1. The number of hydrogen-bond donors (Lipinski definition) is 1. The van der Waals surface area contributed by atoms with Gasteiger partial charge in [0.25, 0.3) is 0 Å². The van der Waals surface area contributed by atoms with Gasteiger partial charge >= 0.3 is 6.09 Å². The third-order valence-corrected chi connectivity index (χ3v) is 5.97. The van der Waals surface area contributed by atoms with E-state index < -0.39 is 18.0 Å². The zero-order valence-electron chi connectivity index (χ0n) is 19.1. The van der Waals surface area contributed by atoms with E-state index in [9.17, 15) is 18.8 Å². The fourth-order valence-corrected chi connectivity index (χ4v) is 4.12. The number of rotatable bonds is 7. The fraction of sp³-hybridized carbons (Fsp3) is 0.417. The minimum atomic E-state index is -0.605. The normalized spacial score (nSPS) is 18.1. The van der Waals surface area contributed by atoms with Gasteiger partial charge in [-0.05, 0) is 12.0 Å². The van der Waals surface area contributed by atoms with Gasteiger partial charge in [-0.2, -0.15) is 0 Å². The lowest BCUT2D eigenvalue weighted by Gasteiger charge is -2.35. The van der Waals surface area contributed by atoms with Crippen LogP contribution in [0.1, 0.15) is 18.9 Å². The number of cyclic esters (lactones) is 1. The SMILES string of the molecule is CC(=O)NC[C@H]1CN(c2cnc(N3CCN(C(=O)CCc4ccccc4)CC3)c(F)c2)C(=O)O1. The van der Waals surface area contributed by atoms with Crippen LogP contribution in [0.2, 0.25) is 0 Å². The summed E-state index contributed by atoms with van der Waals surface area (Å²) in [6, 6.07) is 11.2. The van der Waals surface area contributed by atoms with E-state index in [2.05, 4.69) is 10.3 Å². The van der Waals surface area contributed by atoms with Gasteiger partial charge in [-0.25, -0.2) is 14.2 Å². The number of nitrogens with one attached hydrogen (secondary N) is 1. The summed E-state index contributed by atoms with van der Waals surface area (Å²) in [4.78, 5) is 45.0. The highest BCUT2D eigenvalue weighted by Gasteiger charge is 2.33. The summed E-state index contributed by atoms with van der Waals surface area (Å²) in [5, 5.41) is 2.60. The first kappa shape index (κ1) is 23.5. The van der Waals surface area contributed by atoms with Gasteiger partial charge in [0, 0.05) is 45.6 Å². The molecule has 2 aliphatic rings. The summed E-state index contributed by atoms with van der Waals surface area (Å²) >= 11 is 0. The van der Waals surface area contributed by atoms with E-state index in [0.29, 0.717) is 44.7 Å². The monoisotopic (exact) mass is 469 g/mol. The molecule has 10 heteroatoms. The minimum absolute atomic E-state index is 0.0913. The van der Waals surface area contributed by atoms with Gasteiger partial charge in [-0.1, -0.05) is 30.3 Å². The number of ether oxygens (including phenoxy) is 1. The highest BCUT2D eigenvalue weighted by atomic mass is 19.1. The molecule has 2 fully saturated rings. The number of pyridine rings is 1. The lowest BCUT2D eigenvalue weighted by Crippen LogP contribution is -2.49. The van der Waals surface area contributed by atoms with Crippen molar-refractivity contribution in [2.24, 2.45) is 0 Å². The lowest BCUT2D eigenvalue weighted by atomic mass is 10.1. The second kappa shape index (κ2) is 10.5. The molecule has 0 bridgehead atoms. The smallest absolute Gasteiger partial charge is 0.414 e. The molecule has 1 aromatic carbocycles. The van der Waals surface area contributed by atoms with E-state index in [-0.39, 0.29) is 30.7 Å². The number of aromatic nitrogens is 1. The summed E-state index contributed by atoms with van der Waals surface area (Å²) in [7, 11) is 0. The standard InChI is InChI=1S/C24H28FN5O4/c1-17(31)26-15-20-16-30(24(33)34-20)19-13-21(25)23(27-14-19)29-11-9-28(10-12-29)22(32)8-7-18-5-3-2-4-6-18/h2-6,13-14,20H,7-12,15-16H2,1H3,(H,26,31)/t20-/m0/s1. The Morgan fingerprint density at radius 2 is 1.91 bits per heavy atom. The van der Waals surface area contributed by atoms with Crippen LogP contribution in [0.5, 0.6) is 0 Å². The van der Waals surface area contributed by atoms with E-state index in [0.717, 1.165) is 5.56 Å².